The maximum Gasteiger partial charge on any atom is 0.0739 e. The van der Waals surface area contributed by atoms with Crippen molar-refractivity contribution in [3.63, 3.8) is 0 Å². The van der Waals surface area contributed by atoms with Crippen LogP contribution in [0.5, 0.6) is 0 Å². The standard InChI is InChI=1S/C12H19ClN2/c1-4-8(2)9(3)15-11-7-5-6-10(13)12(11)14/h5-9,15H,4,14H2,1-3H3. The molecule has 0 aliphatic carbocycles. The van der Waals surface area contributed by atoms with Gasteiger partial charge >= 0.3 is 0 Å². The summed E-state index contributed by atoms with van der Waals surface area (Å²) in [7, 11) is 0. The van der Waals surface area contributed by atoms with E-state index >= 15 is 0 Å². The molecule has 0 aromatic heterocycles. The Kier molecular flexibility index (Phi) is 4.28. The van der Waals surface area contributed by atoms with Gasteiger partial charge in [0.05, 0.1) is 16.4 Å². The van der Waals surface area contributed by atoms with Gasteiger partial charge in [0.2, 0.25) is 0 Å². The van der Waals surface area contributed by atoms with Gasteiger partial charge in [0.15, 0.2) is 0 Å². The molecular formula is C12H19ClN2. The highest BCUT2D eigenvalue weighted by atomic mass is 35.5. The van der Waals surface area contributed by atoms with Crippen molar-refractivity contribution in [2.75, 3.05) is 11.1 Å². The van der Waals surface area contributed by atoms with E-state index in [1.165, 1.54) is 0 Å². The van der Waals surface area contributed by atoms with Crippen molar-refractivity contribution >= 4 is 23.0 Å². The molecule has 0 saturated heterocycles. The van der Waals surface area contributed by atoms with Crippen LogP contribution in [0.3, 0.4) is 0 Å². The molecule has 1 aromatic rings. The molecule has 0 bridgehead atoms. The van der Waals surface area contributed by atoms with Gasteiger partial charge in [0, 0.05) is 6.04 Å². The fourth-order valence-corrected chi connectivity index (χ4v) is 1.58. The van der Waals surface area contributed by atoms with Crippen molar-refractivity contribution in [3.8, 4) is 0 Å². The largest absolute Gasteiger partial charge is 0.396 e. The third-order valence-electron chi connectivity index (χ3n) is 2.93. The van der Waals surface area contributed by atoms with Gasteiger partial charge in [-0.1, -0.05) is 37.9 Å². The first-order chi connectivity index (χ1) is 7.06. The number of nitrogens with two attached hydrogens (primary N) is 1. The summed E-state index contributed by atoms with van der Waals surface area (Å²) >= 11 is 5.95. The first kappa shape index (κ1) is 12.2. The first-order valence-corrected chi connectivity index (χ1v) is 5.74. The molecule has 1 rings (SSSR count). The molecular weight excluding hydrogens is 208 g/mol. The quantitative estimate of drug-likeness (QED) is 0.768. The molecule has 15 heavy (non-hydrogen) atoms. The van der Waals surface area contributed by atoms with E-state index in [1.54, 1.807) is 6.07 Å². The van der Waals surface area contributed by atoms with Gasteiger partial charge in [-0.2, -0.15) is 0 Å². The Bertz CT molecular complexity index is 325. The second-order valence-electron chi connectivity index (χ2n) is 4.02. The van der Waals surface area contributed by atoms with E-state index in [0.29, 0.717) is 22.7 Å². The first-order valence-electron chi connectivity index (χ1n) is 5.36. The van der Waals surface area contributed by atoms with Crippen molar-refractivity contribution in [2.24, 2.45) is 5.92 Å². The molecule has 0 radical (unpaired) electrons. The summed E-state index contributed by atoms with van der Waals surface area (Å²) in [5.74, 6) is 0.614. The van der Waals surface area contributed by atoms with Crippen LogP contribution in [0.4, 0.5) is 11.4 Å². The van der Waals surface area contributed by atoms with Crippen molar-refractivity contribution < 1.29 is 0 Å². The van der Waals surface area contributed by atoms with Crippen LogP contribution >= 0.6 is 11.6 Å². The molecule has 0 fully saturated rings. The van der Waals surface area contributed by atoms with Crippen LogP contribution in [0.2, 0.25) is 5.02 Å². The summed E-state index contributed by atoms with van der Waals surface area (Å²) in [6.45, 7) is 6.57. The minimum atomic E-state index is 0.399. The summed E-state index contributed by atoms with van der Waals surface area (Å²) in [4.78, 5) is 0. The molecule has 3 N–H and O–H groups in total. The van der Waals surface area contributed by atoms with Gasteiger partial charge in [-0.3, -0.25) is 0 Å². The second kappa shape index (κ2) is 5.26. The van der Waals surface area contributed by atoms with Gasteiger partial charge in [-0.05, 0) is 25.0 Å². The molecule has 0 saturated carbocycles. The van der Waals surface area contributed by atoms with Crippen LogP contribution in [0.15, 0.2) is 18.2 Å². The van der Waals surface area contributed by atoms with Crippen molar-refractivity contribution in [2.45, 2.75) is 33.2 Å². The Morgan fingerprint density at radius 3 is 2.67 bits per heavy atom. The van der Waals surface area contributed by atoms with E-state index in [1.807, 2.05) is 12.1 Å². The highest BCUT2D eigenvalue weighted by Crippen LogP contribution is 2.28. The van der Waals surface area contributed by atoms with E-state index in [4.69, 9.17) is 17.3 Å². The number of nitrogen functional groups attached to an aromatic ring is 1. The maximum atomic E-state index is 5.95. The average Bonchev–Trinajstić information content (AvgIpc) is 2.23. The lowest BCUT2D eigenvalue weighted by Crippen LogP contribution is -2.23. The predicted molar refractivity (Wildman–Crippen MR) is 68.4 cm³/mol. The maximum absolute atomic E-state index is 5.95. The van der Waals surface area contributed by atoms with Gasteiger partial charge in [0.1, 0.15) is 0 Å². The molecule has 2 unspecified atom stereocenters. The van der Waals surface area contributed by atoms with Crippen LogP contribution in [0.1, 0.15) is 27.2 Å². The molecule has 0 aliphatic rings. The molecule has 3 heteroatoms. The zero-order valence-electron chi connectivity index (χ0n) is 9.55. The molecule has 0 aliphatic heterocycles. The minimum absolute atomic E-state index is 0.399. The van der Waals surface area contributed by atoms with Crippen molar-refractivity contribution in [1.82, 2.24) is 0 Å². The van der Waals surface area contributed by atoms with E-state index in [2.05, 4.69) is 26.1 Å². The monoisotopic (exact) mass is 226 g/mol. The van der Waals surface area contributed by atoms with Crippen LogP contribution in [-0.2, 0) is 0 Å². The van der Waals surface area contributed by atoms with Gasteiger partial charge in [0.25, 0.3) is 0 Å². The lowest BCUT2D eigenvalue weighted by atomic mass is 10.0. The van der Waals surface area contributed by atoms with Crippen molar-refractivity contribution in [1.29, 1.82) is 0 Å². The van der Waals surface area contributed by atoms with Crippen LogP contribution in [0, 0.1) is 5.92 Å². The SMILES string of the molecule is CCC(C)C(C)Nc1cccc(Cl)c1N. The molecule has 0 spiro atoms. The number of halogens is 1. The smallest absolute Gasteiger partial charge is 0.0739 e. The predicted octanol–water partition coefficient (Wildman–Crippen LogP) is 3.77. The van der Waals surface area contributed by atoms with Crippen LogP contribution in [-0.4, -0.2) is 6.04 Å². The number of anilines is 2. The number of benzene rings is 1. The van der Waals surface area contributed by atoms with Crippen LogP contribution < -0.4 is 11.1 Å². The van der Waals surface area contributed by atoms with E-state index in [9.17, 15) is 0 Å². The van der Waals surface area contributed by atoms with E-state index in [0.717, 1.165) is 12.1 Å². The summed E-state index contributed by atoms with van der Waals surface area (Å²) < 4.78 is 0. The molecule has 0 heterocycles. The van der Waals surface area contributed by atoms with E-state index < -0.39 is 0 Å². The summed E-state index contributed by atoms with van der Waals surface area (Å²) in [6.07, 6.45) is 1.15. The molecule has 1 aromatic carbocycles. The molecule has 0 amide bonds. The summed E-state index contributed by atoms with van der Waals surface area (Å²) in [6, 6.07) is 6.07. The lowest BCUT2D eigenvalue weighted by Gasteiger charge is -2.22. The number of rotatable bonds is 4. The number of para-hydroxylation sites is 1. The topological polar surface area (TPSA) is 38.0 Å². The summed E-state index contributed by atoms with van der Waals surface area (Å²) in [5.41, 5.74) is 7.44. The lowest BCUT2D eigenvalue weighted by molar-refractivity contribution is 0.495. The highest BCUT2D eigenvalue weighted by molar-refractivity contribution is 6.33. The third kappa shape index (κ3) is 3.03. The Hall–Kier alpha value is -0.890. The van der Waals surface area contributed by atoms with Gasteiger partial charge in [-0.25, -0.2) is 0 Å². The zero-order chi connectivity index (χ0) is 11.4. The van der Waals surface area contributed by atoms with Crippen molar-refractivity contribution in [3.05, 3.63) is 23.2 Å². The average molecular weight is 227 g/mol. The minimum Gasteiger partial charge on any atom is -0.396 e. The molecule has 84 valence electrons. The Balaban J connectivity index is 2.76. The highest BCUT2D eigenvalue weighted by Gasteiger charge is 2.11. The Labute approximate surface area is 96.8 Å². The molecule has 2 atom stereocenters. The number of nitrogens with one attached hydrogen (secondary N) is 1. The van der Waals surface area contributed by atoms with Gasteiger partial charge in [-0.15, -0.1) is 0 Å². The number of hydrogen-bond donors (Lipinski definition) is 2. The second-order valence-corrected chi connectivity index (χ2v) is 4.43. The third-order valence-corrected chi connectivity index (χ3v) is 3.26. The zero-order valence-corrected chi connectivity index (χ0v) is 10.3. The van der Waals surface area contributed by atoms with E-state index in [-0.39, 0.29) is 0 Å². The summed E-state index contributed by atoms with van der Waals surface area (Å²) in [5, 5.41) is 4.00. The normalized spacial score (nSPS) is 14.7. The fourth-order valence-electron chi connectivity index (χ4n) is 1.40. The Morgan fingerprint density at radius 2 is 2.07 bits per heavy atom. The van der Waals surface area contributed by atoms with Crippen LogP contribution in [0.25, 0.3) is 0 Å². The Morgan fingerprint density at radius 1 is 1.40 bits per heavy atom. The molecule has 2 nitrogen and oxygen atoms in total. The number of hydrogen-bond acceptors (Lipinski definition) is 2. The fraction of sp³-hybridized carbons (Fsp3) is 0.500. The van der Waals surface area contributed by atoms with Gasteiger partial charge < -0.3 is 11.1 Å².